The van der Waals surface area contributed by atoms with Gasteiger partial charge >= 0.3 is 0 Å². The van der Waals surface area contributed by atoms with Gasteiger partial charge in [0.15, 0.2) is 23.0 Å². The van der Waals surface area contributed by atoms with Crippen molar-refractivity contribution in [2.75, 3.05) is 42.0 Å². The molecule has 2 aliphatic rings. The second-order valence-corrected chi connectivity index (χ2v) is 38.8. The second-order valence-electron chi connectivity index (χ2n) is 34.5. The van der Waals surface area contributed by atoms with E-state index >= 15 is 0 Å². The van der Waals surface area contributed by atoms with E-state index in [1.807, 2.05) is 89.1 Å². The molecule has 0 saturated heterocycles. The Hall–Kier alpha value is -7.38. The van der Waals surface area contributed by atoms with Crippen molar-refractivity contribution in [3.8, 4) is 80.1 Å². The molecule has 12 heteroatoms. The van der Waals surface area contributed by atoms with Crippen LogP contribution in [0.15, 0.2) is 121 Å². The van der Waals surface area contributed by atoms with Gasteiger partial charge < -0.3 is 47.4 Å². The van der Waals surface area contributed by atoms with Crippen LogP contribution >= 0.6 is 15.8 Å². The van der Waals surface area contributed by atoms with E-state index in [9.17, 15) is 0 Å². The zero-order valence-electron chi connectivity index (χ0n) is 63.9. The van der Waals surface area contributed by atoms with Gasteiger partial charge in [-0.15, -0.1) is 0 Å². The highest BCUT2D eigenvalue weighted by Crippen LogP contribution is 2.60. The van der Waals surface area contributed by atoms with Crippen LogP contribution in [0.25, 0.3) is 11.1 Å². The molecular formula is C86H108O10P2. The zero-order chi connectivity index (χ0) is 71.9. The van der Waals surface area contributed by atoms with Crippen LogP contribution in [-0.2, 0) is 43.3 Å². The average Bonchev–Trinajstić information content (AvgIpc) is 1.21. The lowest BCUT2D eigenvalue weighted by atomic mass is 9.79. The van der Waals surface area contributed by atoms with Crippen molar-refractivity contribution in [1.82, 2.24) is 0 Å². The Labute approximate surface area is 589 Å². The predicted octanol–water partition coefficient (Wildman–Crippen LogP) is 20.3. The van der Waals surface area contributed by atoms with Crippen LogP contribution in [0, 0.1) is 0 Å². The highest BCUT2D eigenvalue weighted by molar-refractivity contribution is 7.81. The first kappa shape index (κ1) is 73.3. The third kappa shape index (κ3) is 14.5. The van der Waals surface area contributed by atoms with Crippen molar-refractivity contribution < 1.29 is 47.4 Å². The lowest BCUT2D eigenvalue weighted by Crippen LogP contribution is -2.31. The molecule has 0 saturated carbocycles. The van der Waals surface area contributed by atoms with Gasteiger partial charge in [-0.3, -0.25) is 0 Å². The monoisotopic (exact) mass is 1360 g/mol. The standard InChI is InChI=1S/C86H108O10P2/c1-79(2,3)57-39-53(40-58(71(57)87-25)80(4,5)6)97(54-41-59(81(7,8)9)72(88-26)60(42-54)82(10,11)12)67-47-65(95-51-35-31-29-32-36-51)75-77(93-49-91-75)69(67)70-68(48-66(76-78(70)94-50-92-76)96-52-37-33-30-34-38-52)98(55-43-61(83(13,14)15)73(89-27)62(44-55)84(16,17)18)56-45-63(85(19,20)21)74(90-28)64(46-56)86(22,23)24/h29-48H,49-50H2,1-28H3. The Morgan fingerprint density at radius 3 is 0.673 bits per heavy atom. The van der Waals surface area contributed by atoms with E-state index in [1.165, 1.54) is 0 Å². The van der Waals surface area contributed by atoms with Gasteiger partial charge in [-0.2, -0.15) is 0 Å². The van der Waals surface area contributed by atoms with E-state index in [4.69, 9.17) is 47.4 Å². The van der Waals surface area contributed by atoms with E-state index in [0.717, 1.165) is 110 Å². The van der Waals surface area contributed by atoms with Gasteiger partial charge in [0.25, 0.3) is 0 Å². The predicted molar refractivity (Wildman–Crippen MR) is 410 cm³/mol. The van der Waals surface area contributed by atoms with E-state index < -0.39 is 15.8 Å². The molecular weight excluding hydrogens is 1250 g/mol. The first-order chi connectivity index (χ1) is 45.5. The molecule has 98 heavy (non-hydrogen) atoms. The van der Waals surface area contributed by atoms with Gasteiger partial charge in [0.2, 0.25) is 25.1 Å². The normalized spacial score (nSPS) is 13.7. The number of ether oxygens (including phenoxy) is 10. The number of para-hydroxylation sites is 2. The molecule has 8 aromatic rings. The molecule has 0 atom stereocenters. The molecule has 0 N–H and O–H groups in total. The van der Waals surface area contributed by atoms with Gasteiger partial charge in [0.1, 0.15) is 34.5 Å². The van der Waals surface area contributed by atoms with Gasteiger partial charge in [0.05, 0.1) is 28.4 Å². The number of fused-ring (bicyclic) bond motifs is 2. The summed E-state index contributed by atoms with van der Waals surface area (Å²) in [5.41, 5.74) is 7.36. The number of rotatable bonds is 15. The first-order valence-corrected chi connectivity index (χ1v) is 37.1. The summed E-state index contributed by atoms with van der Waals surface area (Å²) < 4.78 is 69.3. The summed E-state index contributed by atoms with van der Waals surface area (Å²) in [5.74, 6) is 7.81. The zero-order valence-corrected chi connectivity index (χ0v) is 65.7. The van der Waals surface area contributed by atoms with Crippen LogP contribution < -0.4 is 79.2 Å². The molecule has 10 rings (SSSR count). The summed E-state index contributed by atoms with van der Waals surface area (Å²) in [5, 5.41) is 6.30. The molecule has 10 nitrogen and oxygen atoms in total. The summed E-state index contributed by atoms with van der Waals surface area (Å²) in [6, 6.07) is 43.7. The Bertz CT molecular complexity index is 3700. The highest BCUT2D eigenvalue weighted by atomic mass is 31.1. The fourth-order valence-corrected chi connectivity index (χ4v) is 18.6. The molecule has 0 fully saturated rings. The Balaban J connectivity index is 1.54. The summed E-state index contributed by atoms with van der Waals surface area (Å²) in [6.07, 6.45) is 0. The Kier molecular flexibility index (Phi) is 19.9. The van der Waals surface area contributed by atoms with Crippen molar-refractivity contribution in [2.24, 2.45) is 0 Å². The number of benzene rings is 8. The van der Waals surface area contributed by atoms with Crippen molar-refractivity contribution in [3.05, 3.63) is 166 Å². The van der Waals surface area contributed by atoms with Crippen molar-refractivity contribution in [2.45, 2.75) is 209 Å². The topological polar surface area (TPSA) is 92.3 Å². The fraction of sp³-hybridized carbons (Fsp3) is 0.442. The molecule has 0 aromatic heterocycles. The van der Waals surface area contributed by atoms with Crippen LogP contribution in [0.2, 0.25) is 0 Å². The van der Waals surface area contributed by atoms with E-state index in [2.05, 4.69) is 227 Å². The maximum absolute atomic E-state index is 7.27. The van der Waals surface area contributed by atoms with E-state index in [-0.39, 0.29) is 56.9 Å². The van der Waals surface area contributed by atoms with Crippen molar-refractivity contribution in [3.63, 3.8) is 0 Å². The Morgan fingerprint density at radius 1 is 0.276 bits per heavy atom. The minimum absolute atomic E-state index is 0.0752. The quantitative estimate of drug-likeness (QED) is 0.0924. The molecule has 2 aliphatic heterocycles. The third-order valence-corrected chi connectivity index (χ3v) is 23.2. The van der Waals surface area contributed by atoms with Gasteiger partial charge in [0, 0.05) is 66.2 Å². The van der Waals surface area contributed by atoms with E-state index in [0.29, 0.717) is 46.0 Å². The molecule has 0 aliphatic carbocycles. The third-order valence-electron chi connectivity index (χ3n) is 18.5. The smallest absolute Gasteiger partial charge is 0.231 e. The molecule has 0 bridgehead atoms. The van der Waals surface area contributed by atoms with Gasteiger partial charge in [-0.25, -0.2) is 0 Å². The van der Waals surface area contributed by atoms with Crippen LogP contribution in [0.4, 0.5) is 0 Å². The summed E-state index contributed by atoms with van der Waals surface area (Å²) in [6.45, 7) is 54.6. The van der Waals surface area contributed by atoms with Crippen molar-refractivity contribution in [1.29, 1.82) is 0 Å². The number of hydrogen-bond acceptors (Lipinski definition) is 10. The van der Waals surface area contributed by atoms with E-state index in [1.54, 1.807) is 0 Å². The summed E-state index contributed by atoms with van der Waals surface area (Å²) in [4.78, 5) is 0. The number of methoxy groups -OCH3 is 4. The lowest BCUT2D eigenvalue weighted by molar-refractivity contribution is 0.171. The minimum Gasteiger partial charge on any atom is -0.496 e. The lowest BCUT2D eigenvalue weighted by Gasteiger charge is -2.35. The minimum atomic E-state index is -1.75. The van der Waals surface area contributed by atoms with Crippen LogP contribution in [0.3, 0.4) is 0 Å². The molecule has 0 radical (unpaired) electrons. The van der Waals surface area contributed by atoms with Crippen LogP contribution in [0.1, 0.15) is 211 Å². The Morgan fingerprint density at radius 2 is 0.480 bits per heavy atom. The van der Waals surface area contributed by atoms with Crippen LogP contribution in [0.5, 0.6) is 69.0 Å². The number of hydrogen-bond donors (Lipinski definition) is 0. The molecule has 8 aromatic carbocycles. The van der Waals surface area contributed by atoms with Gasteiger partial charge in [-0.05, 0) is 165 Å². The summed E-state index contributed by atoms with van der Waals surface area (Å²) >= 11 is 0. The maximum atomic E-state index is 7.27. The highest BCUT2D eigenvalue weighted by Gasteiger charge is 2.43. The largest absolute Gasteiger partial charge is 0.496 e. The SMILES string of the molecule is COc1c(C(C)(C)C)cc(P(c2cc(C(C)(C)C)c(OC)c(C(C)(C)C)c2)c2cc(Oc3ccccc3)c3c(c2-c2c(P(c4cc(C(C)(C)C)c(OC)c(C(C)(C)C)c4)c4cc(C(C)(C)C)c(OC)c(C(C)(C)C)c4)cc(Oc4ccccc4)c4c2OCO4)OCO3)cc1C(C)(C)C. The molecule has 0 amide bonds. The van der Waals surface area contributed by atoms with Crippen molar-refractivity contribution >= 4 is 47.7 Å². The average molecular weight is 1360 g/mol. The summed E-state index contributed by atoms with van der Waals surface area (Å²) in [7, 11) is 3.74. The van der Waals surface area contributed by atoms with Gasteiger partial charge in [-0.1, -0.05) is 203 Å². The molecule has 522 valence electrons. The molecule has 0 unspecified atom stereocenters. The first-order valence-electron chi connectivity index (χ1n) is 34.4. The second kappa shape index (κ2) is 26.6. The molecule has 2 heterocycles. The molecule has 0 spiro atoms. The maximum Gasteiger partial charge on any atom is 0.231 e. The fourth-order valence-electron chi connectivity index (χ4n) is 13.4. The van der Waals surface area contributed by atoms with Crippen LogP contribution in [-0.4, -0.2) is 42.0 Å².